The Bertz CT molecular complexity index is 139. The van der Waals surface area contributed by atoms with Crippen LogP contribution in [0.25, 0.3) is 0 Å². The Morgan fingerprint density at radius 2 is 2.08 bits per heavy atom. The first-order chi connectivity index (χ1) is 5.52. The first-order valence-electron chi connectivity index (χ1n) is 3.92. The van der Waals surface area contributed by atoms with Gasteiger partial charge >= 0.3 is 0 Å². The van der Waals surface area contributed by atoms with Crippen LogP contribution in [0, 0.1) is 0 Å². The summed E-state index contributed by atoms with van der Waals surface area (Å²) in [5, 5.41) is 19.5. The smallest absolute Gasteiger partial charge is 0.159 e. The Labute approximate surface area is 71.5 Å². The van der Waals surface area contributed by atoms with Gasteiger partial charge < -0.3 is 19.8 Å². The molecule has 0 aromatic heterocycles. The van der Waals surface area contributed by atoms with Crippen LogP contribution in [-0.2, 0) is 9.47 Å². The summed E-state index contributed by atoms with van der Waals surface area (Å²) in [7, 11) is 0. The summed E-state index contributed by atoms with van der Waals surface area (Å²) in [5.41, 5.74) is -1.30. The van der Waals surface area contributed by atoms with Gasteiger partial charge in [-0.2, -0.15) is 0 Å². The zero-order valence-electron chi connectivity index (χ0n) is 7.36. The van der Waals surface area contributed by atoms with E-state index in [1.165, 1.54) is 13.8 Å². The van der Waals surface area contributed by atoms with Crippen LogP contribution >= 0.6 is 0 Å². The topological polar surface area (TPSA) is 62.2 Å². The van der Waals surface area contributed by atoms with Crippen LogP contribution < -0.4 is 0 Å². The van der Waals surface area contributed by atoms with Gasteiger partial charge in [0.1, 0.15) is 5.72 Å². The molecule has 1 heterocycles. The molecule has 0 amide bonds. The number of hydroxylamine groups is 2. The van der Waals surface area contributed by atoms with Crippen LogP contribution in [0.1, 0.15) is 13.8 Å². The Balaban J connectivity index is 2.45. The van der Waals surface area contributed by atoms with Gasteiger partial charge in [0, 0.05) is 0 Å². The highest BCUT2D eigenvalue weighted by atomic mass is 16.6. The van der Waals surface area contributed by atoms with Gasteiger partial charge in [-0.1, -0.05) is 0 Å². The molecule has 0 aliphatic carbocycles. The van der Waals surface area contributed by atoms with E-state index in [-0.39, 0.29) is 6.61 Å². The molecule has 1 aliphatic heterocycles. The molecule has 0 spiro atoms. The molecule has 1 aliphatic rings. The van der Waals surface area contributed by atoms with Gasteiger partial charge in [-0.25, -0.2) is 0 Å². The lowest BCUT2D eigenvalue weighted by atomic mass is 10.3. The van der Waals surface area contributed by atoms with Crippen molar-refractivity contribution in [1.82, 2.24) is 5.06 Å². The molecule has 5 nitrogen and oxygen atoms in total. The average molecular weight is 177 g/mol. The van der Waals surface area contributed by atoms with Gasteiger partial charge in [0.25, 0.3) is 0 Å². The maximum atomic E-state index is 9.39. The van der Waals surface area contributed by atoms with Crippen molar-refractivity contribution in [3.05, 3.63) is 0 Å². The minimum absolute atomic E-state index is 0.278. The van der Waals surface area contributed by atoms with E-state index in [9.17, 15) is 10.3 Å². The van der Waals surface area contributed by atoms with Crippen LogP contribution in [0.15, 0.2) is 0 Å². The fourth-order valence-corrected chi connectivity index (χ4v) is 0.969. The number of aliphatic hydroxyl groups is 1. The van der Waals surface area contributed by atoms with Crippen LogP contribution in [0.4, 0.5) is 0 Å². The largest absolute Gasteiger partial charge is 0.375 e. The molecule has 72 valence electrons. The first-order valence-corrected chi connectivity index (χ1v) is 3.92. The fraction of sp³-hybridized carbons (Fsp3) is 1.00. The lowest BCUT2D eigenvalue weighted by Gasteiger charge is -2.36. The van der Waals surface area contributed by atoms with E-state index in [2.05, 4.69) is 0 Å². The van der Waals surface area contributed by atoms with Crippen molar-refractivity contribution in [2.24, 2.45) is 0 Å². The number of hydrogen-bond acceptors (Lipinski definition) is 5. The van der Waals surface area contributed by atoms with Crippen molar-refractivity contribution in [3.8, 4) is 0 Å². The SMILES string of the molecule is CC(C)(O)N(O)C1COCCO1. The fourth-order valence-electron chi connectivity index (χ4n) is 0.969. The van der Waals surface area contributed by atoms with Crippen LogP contribution in [0.2, 0.25) is 0 Å². The van der Waals surface area contributed by atoms with E-state index in [4.69, 9.17) is 9.47 Å². The Kier molecular flexibility index (Phi) is 3.03. The third kappa shape index (κ3) is 2.40. The normalized spacial score (nSPS) is 26.2. The van der Waals surface area contributed by atoms with E-state index in [1.54, 1.807) is 0 Å². The number of ether oxygens (including phenoxy) is 2. The molecule has 0 radical (unpaired) electrons. The monoisotopic (exact) mass is 177 g/mol. The van der Waals surface area contributed by atoms with E-state index in [0.29, 0.717) is 13.2 Å². The first kappa shape index (κ1) is 9.88. The van der Waals surface area contributed by atoms with Crippen molar-refractivity contribution < 1.29 is 19.8 Å². The lowest BCUT2D eigenvalue weighted by molar-refractivity contribution is -0.336. The average Bonchev–Trinajstić information content (AvgIpc) is 2.03. The zero-order valence-corrected chi connectivity index (χ0v) is 7.36. The quantitative estimate of drug-likeness (QED) is 0.451. The Hall–Kier alpha value is -0.200. The molecular weight excluding hydrogens is 162 g/mol. The van der Waals surface area contributed by atoms with E-state index < -0.39 is 12.0 Å². The summed E-state index contributed by atoms with van der Waals surface area (Å²) < 4.78 is 10.2. The molecule has 1 atom stereocenters. The van der Waals surface area contributed by atoms with Gasteiger partial charge in [0.05, 0.1) is 19.8 Å². The van der Waals surface area contributed by atoms with Gasteiger partial charge in [0.15, 0.2) is 6.23 Å². The lowest BCUT2D eigenvalue weighted by Crippen LogP contribution is -2.52. The molecule has 0 saturated carbocycles. The van der Waals surface area contributed by atoms with Crippen molar-refractivity contribution in [3.63, 3.8) is 0 Å². The molecule has 0 aromatic carbocycles. The van der Waals surface area contributed by atoms with Gasteiger partial charge in [-0.15, -0.1) is 5.06 Å². The molecule has 1 saturated heterocycles. The standard InChI is InChI=1S/C7H15NO4/c1-7(2,9)8(10)6-5-11-3-4-12-6/h6,9-10H,3-5H2,1-2H3. The molecule has 1 unspecified atom stereocenters. The maximum Gasteiger partial charge on any atom is 0.159 e. The Morgan fingerprint density at radius 1 is 1.42 bits per heavy atom. The summed E-state index contributed by atoms with van der Waals surface area (Å²) in [6.45, 7) is 4.21. The van der Waals surface area contributed by atoms with Crippen molar-refractivity contribution >= 4 is 0 Å². The number of hydrogen-bond donors (Lipinski definition) is 2. The highest BCUT2D eigenvalue weighted by Gasteiger charge is 2.31. The van der Waals surface area contributed by atoms with Gasteiger partial charge in [-0.3, -0.25) is 0 Å². The molecular formula is C7H15NO4. The minimum atomic E-state index is -1.30. The summed E-state index contributed by atoms with van der Waals surface area (Å²) >= 11 is 0. The van der Waals surface area contributed by atoms with Crippen LogP contribution in [-0.4, -0.2) is 47.2 Å². The summed E-state index contributed by atoms with van der Waals surface area (Å²) in [6, 6.07) is 0. The van der Waals surface area contributed by atoms with Gasteiger partial charge in [0.2, 0.25) is 0 Å². The van der Waals surface area contributed by atoms with E-state index >= 15 is 0 Å². The predicted octanol–water partition coefficient (Wildman–Crippen LogP) is -0.221. The molecule has 1 fully saturated rings. The molecule has 5 heteroatoms. The predicted molar refractivity (Wildman–Crippen MR) is 40.5 cm³/mol. The highest BCUT2D eigenvalue weighted by molar-refractivity contribution is 4.66. The molecule has 0 aromatic rings. The Morgan fingerprint density at radius 3 is 2.50 bits per heavy atom. The molecule has 1 rings (SSSR count). The van der Waals surface area contributed by atoms with Crippen LogP contribution in [0.3, 0.4) is 0 Å². The third-order valence-corrected chi connectivity index (χ3v) is 1.63. The second-order valence-corrected chi connectivity index (χ2v) is 3.24. The molecule has 2 N–H and O–H groups in total. The molecule has 12 heavy (non-hydrogen) atoms. The summed E-state index contributed by atoms with van der Waals surface area (Å²) in [5.74, 6) is 0. The molecule has 0 bridgehead atoms. The van der Waals surface area contributed by atoms with E-state index in [1.807, 2.05) is 0 Å². The van der Waals surface area contributed by atoms with Crippen LogP contribution in [0.5, 0.6) is 0 Å². The van der Waals surface area contributed by atoms with Crippen molar-refractivity contribution in [2.45, 2.75) is 25.8 Å². The number of nitrogens with zero attached hydrogens (tertiary/aromatic N) is 1. The summed E-state index contributed by atoms with van der Waals surface area (Å²) in [4.78, 5) is 0. The second kappa shape index (κ2) is 3.68. The highest BCUT2D eigenvalue weighted by Crippen LogP contribution is 2.14. The summed E-state index contributed by atoms with van der Waals surface area (Å²) in [6.07, 6.45) is -0.571. The number of rotatable bonds is 2. The maximum absolute atomic E-state index is 9.39. The zero-order chi connectivity index (χ0) is 9.19. The van der Waals surface area contributed by atoms with Crippen molar-refractivity contribution in [1.29, 1.82) is 0 Å². The van der Waals surface area contributed by atoms with E-state index in [0.717, 1.165) is 5.06 Å². The second-order valence-electron chi connectivity index (χ2n) is 3.24. The minimum Gasteiger partial charge on any atom is -0.375 e. The third-order valence-electron chi connectivity index (χ3n) is 1.63. The van der Waals surface area contributed by atoms with Gasteiger partial charge in [-0.05, 0) is 13.8 Å². The van der Waals surface area contributed by atoms with Crippen molar-refractivity contribution in [2.75, 3.05) is 19.8 Å².